The van der Waals surface area contributed by atoms with Crippen LogP contribution in [0, 0.1) is 0 Å². The number of fused-ring (bicyclic) bond motifs is 1. The first kappa shape index (κ1) is 20.7. The minimum Gasteiger partial charge on any atom is -0.493 e. The molecule has 1 atom stereocenters. The van der Waals surface area contributed by atoms with Crippen LogP contribution in [-0.4, -0.2) is 12.9 Å². The number of rotatable bonds is 5. The van der Waals surface area contributed by atoms with Crippen LogP contribution in [-0.2, 0) is 11.4 Å². The second-order valence-corrected chi connectivity index (χ2v) is 9.12. The molecule has 0 saturated heterocycles. The van der Waals surface area contributed by atoms with Crippen molar-refractivity contribution in [1.29, 1.82) is 0 Å². The molecule has 0 fully saturated rings. The summed E-state index contributed by atoms with van der Waals surface area (Å²) >= 11 is 1.72. The zero-order valence-corrected chi connectivity index (χ0v) is 18.8. The van der Waals surface area contributed by atoms with Crippen LogP contribution in [0.15, 0.2) is 89.0 Å². The third kappa shape index (κ3) is 4.13. The van der Waals surface area contributed by atoms with Crippen LogP contribution in [0.25, 0.3) is 0 Å². The monoisotopic (exact) mass is 443 g/mol. The summed E-state index contributed by atoms with van der Waals surface area (Å²) in [5, 5.41) is 3.46. The van der Waals surface area contributed by atoms with Crippen molar-refractivity contribution in [2.24, 2.45) is 0 Å². The number of carbonyl (C=O) groups is 1. The number of hydrogen-bond acceptors (Lipinski definition) is 5. The lowest BCUT2D eigenvalue weighted by molar-refractivity contribution is -0.116. The van der Waals surface area contributed by atoms with Gasteiger partial charge in [0.05, 0.1) is 18.0 Å². The molecule has 0 spiro atoms. The second-order valence-electron chi connectivity index (χ2n) is 7.97. The lowest BCUT2D eigenvalue weighted by atomic mass is 9.89. The highest BCUT2D eigenvalue weighted by atomic mass is 32.2. The van der Waals surface area contributed by atoms with Gasteiger partial charge >= 0.3 is 0 Å². The SMILES string of the molecule is COc1cc([C@@H]2Sc3ccccc3NC3=C2C(=O)CCC3)ccc1OCc1ccccc1. The van der Waals surface area contributed by atoms with Gasteiger partial charge in [-0.2, -0.15) is 0 Å². The highest BCUT2D eigenvalue weighted by molar-refractivity contribution is 8.00. The van der Waals surface area contributed by atoms with E-state index in [-0.39, 0.29) is 11.0 Å². The minimum absolute atomic E-state index is 0.0916. The van der Waals surface area contributed by atoms with Crippen molar-refractivity contribution in [3.05, 3.63) is 95.2 Å². The van der Waals surface area contributed by atoms with Crippen LogP contribution < -0.4 is 14.8 Å². The van der Waals surface area contributed by atoms with Gasteiger partial charge < -0.3 is 14.8 Å². The van der Waals surface area contributed by atoms with Gasteiger partial charge in [0.2, 0.25) is 0 Å². The Bertz CT molecular complexity index is 1170. The summed E-state index contributed by atoms with van der Waals surface area (Å²) in [5.74, 6) is 1.60. The zero-order valence-electron chi connectivity index (χ0n) is 18.0. The summed E-state index contributed by atoms with van der Waals surface area (Å²) < 4.78 is 11.7. The van der Waals surface area contributed by atoms with Gasteiger partial charge in [-0.1, -0.05) is 48.5 Å². The molecule has 32 heavy (non-hydrogen) atoms. The van der Waals surface area contributed by atoms with E-state index in [1.54, 1.807) is 18.9 Å². The van der Waals surface area contributed by atoms with Gasteiger partial charge in [0, 0.05) is 22.6 Å². The van der Waals surface area contributed by atoms with E-state index in [4.69, 9.17) is 9.47 Å². The van der Waals surface area contributed by atoms with Gasteiger partial charge in [0.1, 0.15) is 6.61 Å². The van der Waals surface area contributed by atoms with E-state index >= 15 is 0 Å². The average molecular weight is 444 g/mol. The third-order valence-electron chi connectivity index (χ3n) is 5.86. The summed E-state index contributed by atoms with van der Waals surface area (Å²) in [5.41, 5.74) is 5.14. The first-order valence-corrected chi connectivity index (χ1v) is 11.7. The Morgan fingerprint density at radius 3 is 2.62 bits per heavy atom. The van der Waals surface area contributed by atoms with Gasteiger partial charge in [0.15, 0.2) is 17.3 Å². The summed E-state index contributed by atoms with van der Waals surface area (Å²) in [4.78, 5) is 14.2. The maximum atomic E-state index is 13.0. The van der Waals surface area contributed by atoms with Crippen molar-refractivity contribution < 1.29 is 14.3 Å². The Morgan fingerprint density at radius 2 is 1.78 bits per heavy atom. The number of benzene rings is 3. The van der Waals surface area contributed by atoms with E-state index in [1.165, 1.54) is 0 Å². The molecule has 5 rings (SSSR count). The van der Waals surface area contributed by atoms with Crippen molar-refractivity contribution in [1.82, 2.24) is 0 Å². The normalized spacial score (nSPS) is 17.7. The topological polar surface area (TPSA) is 47.6 Å². The number of anilines is 1. The molecule has 0 unspecified atom stereocenters. The largest absolute Gasteiger partial charge is 0.493 e. The molecule has 0 radical (unpaired) electrons. The van der Waals surface area contributed by atoms with E-state index in [0.717, 1.165) is 45.8 Å². The Hall–Kier alpha value is -3.18. The van der Waals surface area contributed by atoms with Crippen LogP contribution in [0.2, 0.25) is 0 Å². The molecule has 1 heterocycles. The van der Waals surface area contributed by atoms with Gasteiger partial charge in [-0.15, -0.1) is 11.8 Å². The molecular weight excluding hydrogens is 418 g/mol. The van der Waals surface area contributed by atoms with Crippen LogP contribution in [0.1, 0.15) is 35.6 Å². The highest BCUT2D eigenvalue weighted by Crippen LogP contribution is 2.50. The van der Waals surface area contributed by atoms with E-state index in [2.05, 4.69) is 23.5 Å². The summed E-state index contributed by atoms with van der Waals surface area (Å²) in [7, 11) is 1.65. The first-order valence-electron chi connectivity index (χ1n) is 10.9. The fourth-order valence-corrected chi connectivity index (χ4v) is 5.59. The molecule has 0 amide bonds. The fourth-order valence-electron chi connectivity index (χ4n) is 4.26. The number of thioether (sulfide) groups is 1. The quantitative estimate of drug-likeness (QED) is 0.485. The minimum atomic E-state index is -0.0916. The van der Waals surface area contributed by atoms with Crippen LogP contribution in [0.5, 0.6) is 11.5 Å². The van der Waals surface area contributed by atoms with Crippen molar-refractivity contribution in [3.8, 4) is 11.5 Å². The molecule has 1 aliphatic carbocycles. The van der Waals surface area contributed by atoms with Crippen molar-refractivity contribution in [3.63, 3.8) is 0 Å². The Kier molecular flexibility index (Phi) is 5.91. The second kappa shape index (κ2) is 9.13. The van der Waals surface area contributed by atoms with Crippen molar-refractivity contribution >= 4 is 23.2 Å². The lowest BCUT2D eigenvalue weighted by Crippen LogP contribution is -2.19. The van der Waals surface area contributed by atoms with E-state index in [1.807, 2.05) is 54.6 Å². The van der Waals surface area contributed by atoms with Crippen molar-refractivity contribution in [2.75, 3.05) is 12.4 Å². The summed E-state index contributed by atoms with van der Waals surface area (Å²) in [6.07, 6.45) is 2.38. The molecule has 2 aliphatic rings. The van der Waals surface area contributed by atoms with Gasteiger partial charge in [-0.05, 0) is 48.2 Å². The molecule has 162 valence electrons. The van der Waals surface area contributed by atoms with E-state index in [0.29, 0.717) is 24.5 Å². The molecule has 5 heteroatoms. The number of methoxy groups -OCH3 is 1. The third-order valence-corrected chi connectivity index (χ3v) is 7.22. The smallest absolute Gasteiger partial charge is 0.162 e. The fraction of sp³-hybridized carbons (Fsp3) is 0.222. The number of para-hydroxylation sites is 1. The summed E-state index contributed by atoms with van der Waals surface area (Å²) in [6.45, 7) is 0.472. The highest BCUT2D eigenvalue weighted by Gasteiger charge is 2.33. The molecule has 0 bridgehead atoms. The molecule has 1 N–H and O–H groups in total. The zero-order chi connectivity index (χ0) is 21.9. The number of nitrogens with one attached hydrogen (secondary N) is 1. The van der Waals surface area contributed by atoms with Crippen LogP contribution >= 0.6 is 11.8 Å². The Morgan fingerprint density at radius 1 is 0.969 bits per heavy atom. The Balaban J connectivity index is 1.50. The molecule has 3 aromatic carbocycles. The molecule has 0 saturated carbocycles. The molecular formula is C27H25NO3S. The standard InChI is InChI=1S/C27H25NO3S/c1-30-24-16-19(14-15-23(24)31-17-18-8-3-2-4-9-18)27-26-21(11-7-12-22(26)29)28-20-10-5-6-13-25(20)32-27/h2-6,8-10,13-16,27-28H,7,11-12,17H2,1H3/t27-/m0/s1. The van der Waals surface area contributed by atoms with Crippen LogP contribution in [0.3, 0.4) is 0 Å². The summed E-state index contributed by atoms with van der Waals surface area (Å²) in [6, 6.07) is 24.3. The van der Waals surface area contributed by atoms with Gasteiger partial charge in [-0.3, -0.25) is 4.79 Å². The van der Waals surface area contributed by atoms with Gasteiger partial charge in [0.25, 0.3) is 0 Å². The number of ether oxygens (including phenoxy) is 2. The molecule has 4 nitrogen and oxygen atoms in total. The maximum absolute atomic E-state index is 13.0. The van der Waals surface area contributed by atoms with E-state index < -0.39 is 0 Å². The average Bonchev–Trinajstić information content (AvgIpc) is 3.01. The lowest BCUT2D eigenvalue weighted by Gasteiger charge is -2.24. The van der Waals surface area contributed by atoms with Crippen LogP contribution in [0.4, 0.5) is 5.69 Å². The number of Topliss-reactive ketones (excluding diaryl/α,β-unsaturated/α-hetero) is 1. The molecule has 0 aromatic heterocycles. The van der Waals surface area contributed by atoms with Gasteiger partial charge in [-0.25, -0.2) is 0 Å². The predicted molar refractivity (Wildman–Crippen MR) is 128 cm³/mol. The number of ketones is 1. The Labute approximate surface area is 192 Å². The molecule has 3 aromatic rings. The number of allylic oxidation sites excluding steroid dienone is 1. The predicted octanol–water partition coefficient (Wildman–Crippen LogP) is 6.54. The molecule has 1 aliphatic heterocycles. The van der Waals surface area contributed by atoms with Crippen molar-refractivity contribution in [2.45, 2.75) is 36.0 Å². The maximum Gasteiger partial charge on any atom is 0.162 e. The first-order chi connectivity index (χ1) is 15.7. The number of hydrogen-bond donors (Lipinski definition) is 1. The van der Waals surface area contributed by atoms with E-state index in [9.17, 15) is 4.79 Å². The number of carbonyl (C=O) groups excluding carboxylic acids is 1.